The first-order chi connectivity index (χ1) is 28.1. The van der Waals surface area contributed by atoms with Crippen LogP contribution in [0.5, 0.6) is 11.5 Å². The number of ether oxygens (including phenoxy) is 9. The lowest BCUT2D eigenvalue weighted by Crippen LogP contribution is -2.63. The molecule has 5 aliphatic rings. The minimum Gasteiger partial charge on any atom is -0.496 e. The van der Waals surface area contributed by atoms with Gasteiger partial charge < -0.3 is 47.7 Å². The molecule has 0 radical (unpaired) electrons. The third kappa shape index (κ3) is 10.2. The number of carbonyl (C=O) groups excluding carboxylic acids is 5. The summed E-state index contributed by atoms with van der Waals surface area (Å²) in [4.78, 5) is 72.2. The van der Waals surface area contributed by atoms with E-state index in [1.807, 2.05) is 0 Å². The largest absolute Gasteiger partial charge is 0.496 e. The molecule has 17 heteroatoms. The van der Waals surface area contributed by atoms with Gasteiger partial charge in [-0.25, -0.2) is 4.79 Å². The summed E-state index contributed by atoms with van der Waals surface area (Å²) in [6.07, 6.45) is -1.82. The molecule has 2 aromatic rings. The average molecular weight is 841 g/mol. The summed E-state index contributed by atoms with van der Waals surface area (Å²) in [6, 6.07) is 9.97. The summed E-state index contributed by atoms with van der Waals surface area (Å²) in [7, 11) is 1.57. The number of benzene rings is 2. The molecule has 2 aliphatic carbocycles. The summed E-state index contributed by atoms with van der Waals surface area (Å²) in [5, 5.41) is 9.60. The molecule has 3 aliphatic heterocycles. The number of aliphatic carboxylic acids is 1. The van der Waals surface area contributed by atoms with E-state index in [2.05, 4.69) is 0 Å². The molecule has 59 heavy (non-hydrogen) atoms. The molecule has 2 aromatic carbocycles. The molecule has 0 aromatic heterocycles. The number of rotatable bonds is 14. The molecule has 3 saturated heterocycles. The van der Waals surface area contributed by atoms with Crippen LogP contribution in [0.4, 0.5) is 0 Å². The third-order valence-electron chi connectivity index (χ3n) is 10.5. The van der Waals surface area contributed by atoms with E-state index in [1.54, 1.807) is 43.5 Å². The highest BCUT2D eigenvalue weighted by Crippen LogP contribution is 2.53. The zero-order valence-electron chi connectivity index (χ0n) is 33.0. The molecular weight excluding hydrogens is 796 g/mol. The highest BCUT2D eigenvalue weighted by Gasteiger charge is 2.53. The Morgan fingerprint density at radius 1 is 0.814 bits per heavy atom. The van der Waals surface area contributed by atoms with Crippen LogP contribution in [0.15, 0.2) is 48.0 Å². The molecule has 4 bridgehead atoms. The molecule has 4 unspecified atom stereocenters. The molecule has 16 nitrogen and oxygen atoms in total. The van der Waals surface area contributed by atoms with Gasteiger partial charge in [0.25, 0.3) is 0 Å². The monoisotopic (exact) mass is 840 g/mol. The van der Waals surface area contributed by atoms with Crippen molar-refractivity contribution < 1.29 is 76.5 Å². The minimum absolute atomic E-state index is 0.0244. The van der Waals surface area contributed by atoms with Crippen LogP contribution >= 0.6 is 11.6 Å². The van der Waals surface area contributed by atoms with E-state index in [0.717, 1.165) is 32.4 Å². The molecule has 7 atom stereocenters. The van der Waals surface area contributed by atoms with Crippen molar-refractivity contribution >= 4 is 59.3 Å². The van der Waals surface area contributed by atoms with Crippen LogP contribution in [-0.4, -0.2) is 91.4 Å². The summed E-state index contributed by atoms with van der Waals surface area (Å²) >= 11 is 7.10. The van der Waals surface area contributed by atoms with Crippen molar-refractivity contribution in [3.63, 3.8) is 0 Å². The fourth-order valence-corrected chi connectivity index (χ4v) is 8.59. The zero-order valence-corrected chi connectivity index (χ0v) is 33.8. The van der Waals surface area contributed by atoms with E-state index in [1.165, 1.54) is 13.0 Å². The van der Waals surface area contributed by atoms with Gasteiger partial charge in [0.05, 0.1) is 18.1 Å². The minimum atomic E-state index is -1.43. The first kappa shape index (κ1) is 43.0. The number of allylic oxidation sites excluding steroid dienone is 1. The molecule has 3 heterocycles. The first-order valence-electron chi connectivity index (χ1n) is 19.0. The fourth-order valence-electron chi connectivity index (χ4n) is 8.27. The second-order valence-corrected chi connectivity index (χ2v) is 15.1. The standard InChI is InChI=1S/C42H45ClO16/c1-20(44)52-19-32-38(54-21(2)45)39(55-22(3)46)40(56-23(4)47)42(59-32)58-29-10-6-24(7-11-29)18-53-36-25(9-13-33(48)49)8-12-31(35(36)43)37(51-5)34-26-14-28-15-27(34)17-30(16-26)57-41(28)50/h6-13,26-28,30,32,38-40,42H,14-19H2,1-5H3,(H,48,49)/b13-9+,37-34?/t26?,27?,28?,30?,32?,38-,39-,40?,42+/m0/s1. The number of hydrogen-bond acceptors (Lipinski definition) is 15. The van der Waals surface area contributed by atoms with Crippen molar-refractivity contribution in [2.45, 2.75) is 96.8 Å². The summed E-state index contributed by atoms with van der Waals surface area (Å²) < 4.78 is 51.7. The highest BCUT2D eigenvalue weighted by molar-refractivity contribution is 6.34. The number of methoxy groups -OCH3 is 1. The van der Waals surface area contributed by atoms with Crippen LogP contribution in [0.1, 0.15) is 70.1 Å². The number of carbonyl (C=O) groups is 6. The lowest BCUT2D eigenvalue weighted by Gasteiger charge is -2.43. The van der Waals surface area contributed by atoms with Crippen LogP contribution in [-0.2, 0) is 68.5 Å². The van der Waals surface area contributed by atoms with Crippen LogP contribution < -0.4 is 9.47 Å². The smallest absolute Gasteiger partial charge is 0.328 e. The van der Waals surface area contributed by atoms with Crippen molar-refractivity contribution in [2.24, 2.45) is 17.8 Å². The van der Waals surface area contributed by atoms with E-state index < -0.39 is 67.2 Å². The Balaban J connectivity index is 1.25. The van der Waals surface area contributed by atoms with Gasteiger partial charge in [-0.15, -0.1) is 0 Å². The van der Waals surface area contributed by atoms with E-state index in [9.17, 15) is 33.9 Å². The number of fused-ring (bicyclic) bond motifs is 1. The van der Waals surface area contributed by atoms with Crippen molar-refractivity contribution in [3.8, 4) is 11.5 Å². The third-order valence-corrected chi connectivity index (χ3v) is 10.9. The zero-order chi connectivity index (χ0) is 42.5. The second kappa shape index (κ2) is 18.5. The van der Waals surface area contributed by atoms with Gasteiger partial charge in [0.2, 0.25) is 12.4 Å². The van der Waals surface area contributed by atoms with Crippen molar-refractivity contribution in [2.75, 3.05) is 13.7 Å². The summed E-state index contributed by atoms with van der Waals surface area (Å²) in [6.45, 7) is 4.11. The molecule has 0 spiro atoms. The predicted molar refractivity (Wildman–Crippen MR) is 204 cm³/mol. The Morgan fingerprint density at radius 3 is 2.03 bits per heavy atom. The van der Waals surface area contributed by atoms with E-state index in [4.69, 9.17) is 54.2 Å². The second-order valence-electron chi connectivity index (χ2n) is 14.7. The van der Waals surface area contributed by atoms with Gasteiger partial charge in [0.15, 0.2) is 12.2 Å². The fraction of sp³-hybridized carbons (Fsp3) is 0.476. The molecule has 5 fully saturated rings. The Kier molecular flexibility index (Phi) is 13.5. The molecule has 1 N–H and O–H groups in total. The van der Waals surface area contributed by atoms with Gasteiger partial charge in [0, 0.05) is 44.9 Å². The Labute approximate surface area is 344 Å². The quantitative estimate of drug-likeness (QED) is 0.112. The normalized spacial score (nSPS) is 26.9. The maximum absolute atomic E-state index is 12.6. The number of hydrogen-bond donors (Lipinski definition) is 1. The van der Waals surface area contributed by atoms with Crippen LogP contribution in [0.2, 0.25) is 5.02 Å². The average Bonchev–Trinajstić information content (AvgIpc) is 3.36. The van der Waals surface area contributed by atoms with Crippen molar-refractivity contribution in [1.82, 2.24) is 0 Å². The number of carboxylic acid groups (broad SMARTS) is 1. The number of esters is 5. The number of halogens is 1. The molecule has 316 valence electrons. The lowest BCUT2D eigenvalue weighted by molar-refractivity contribution is -0.288. The van der Waals surface area contributed by atoms with Gasteiger partial charge in [-0.05, 0) is 72.9 Å². The van der Waals surface area contributed by atoms with Crippen molar-refractivity contribution in [1.29, 1.82) is 0 Å². The van der Waals surface area contributed by atoms with Crippen LogP contribution in [0.25, 0.3) is 11.8 Å². The van der Waals surface area contributed by atoms with Crippen LogP contribution in [0, 0.1) is 17.8 Å². The molecule has 7 rings (SSSR count). The van der Waals surface area contributed by atoms with Crippen LogP contribution in [0.3, 0.4) is 0 Å². The van der Waals surface area contributed by atoms with Crippen molar-refractivity contribution in [3.05, 3.63) is 69.8 Å². The Hall–Kier alpha value is -5.61. The van der Waals surface area contributed by atoms with Gasteiger partial charge in [-0.2, -0.15) is 0 Å². The molecule has 0 amide bonds. The molecular formula is C42H45ClO16. The maximum Gasteiger partial charge on any atom is 0.328 e. The molecule has 2 saturated carbocycles. The van der Waals surface area contributed by atoms with E-state index in [-0.39, 0.29) is 53.0 Å². The first-order valence-corrected chi connectivity index (χ1v) is 19.4. The van der Waals surface area contributed by atoms with Gasteiger partial charge in [0.1, 0.15) is 42.7 Å². The Morgan fingerprint density at radius 2 is 1.44 bits per heavy atom. The van der Waals surface area contributed by atoms with Gasteiger partial charge in [-0.1, -0.05) is 29.8 Å². The van der Waals surface area contributed by atoms with Gasteiger partial charge in [-0.3, -0.25) is 24.0 Å². The Bertz CT molecular complexity index is 2010. The topological polar surface area (TPSA) is 206 Å². The number of carboxylic acids is 1. The maximum atomic E-state index is 12.6. The summed E-state index contributed by atoms with van der Waals surface area (Å²) in [5.41, 5.74) is 2.71. The predicted octanol–water partition coefficient (Wildman–Crippen LogP) is 5.20. The SMILES string of the molecule is COC(=C1C2CC3CC1CC(C2)C(=O)O3)c1ccc(/C=C/C(=O)O)c(OCc2ccc(O[C@@H]3OC(COC(C)=O)[C@H](OC(C)=O)[C@H](OC(C)=O)C3OC(C)=O)cc2)c1Cl. The van der Waals surface area contributed by atoms with E-state index in [0.29, 0.717) is 48.1 Å². The summed E-state index contributed by atoms with van der Waals surface area (Å²) in [5.74, 6) is -3.23. The lowest BCUT2D eigenvalue weighted by atomic mass is 9.64. The van der Waals surface area contributed by atoms with Gasteiger partial charge >= 0.3 is 35.8 Å². The van der Waals surface area contributed by atoms with E-state index >= 15 is 0 Å². The highest BCUT2D eigenvalue weighted by atomic mass is 35.5.